The van der Waals surface area contributed by atoms with Gasteiger partial charge in [-0.25, -0.2) is 0 Å². The van der Waals surface area contributed by atoms with Crippen LogP contribution in [0.2, 0.25) is 0 Å². The number of rotatable bonds is 3. The zero-order valence-electron chi connectivity index (χ0n) is 15.8. The molecule has 3 aliphatic heterocycles. The van der Waals surface area contributed by atoms with Crippen molar-refractivity contribution in [3.8, 4) is 0 Å². The first-order chi connectivity index (χ1) is 13.0. The summed E-state index contributed by atoms with van der Waals surface area (Å²) < 4.78 is 0. The van der Waals surface area contributed by atoms with Crippen molar-refractivity contribution < 1.29 is 14.4 Å². The number of hydrogen-bond donors (Lipinski definition) is 2. The van der Waals surface area contributed by atoms with E-state index in [2.05, 4.69) is 20.7 Å². The van der Waals surface area contributed by atoms with Gasteiger partial charge in [0.05, 0.1) is 11.7 Å². The third-order valence-electron chi connectivity index (χ3n) is 6.27. The van der Waals surface area contributed by atoms with Gasteiger partial charge in [-0.2, -0.15) is 15.4 Å². The third-order valence-corrected chi connectivity index (χ3v) is 6.27. The molecule has 4 heterocycles. The molecule has 9 nitrogen and oxygen atoms in total. The predicted octanol–water partition coefficient (Wildman–Crippen LogP) is 0.0908. The van der Waals surface area contributed by atoms with Crippen LogP contribution in [-0.2, 0) is 9.59 Å². The lowest BCUT2D eigenvalue weighted by Gasteiger charge is -2.56. The molecular formula is C18H26N6O3. The van der Waals surface area contributed by atoms with Crippen LogP contribution in [0, 0.1) is 18.8 Å². The van der Waals surface area contributed by atoms with E-state index in [4.69, 9.17) is 0 Å². The molecule has 0 saturated carbocycles. The molecule has 2 bridgehead atoms. The number of piperidine rings is 3. The Labute approximate surface area is 157 Å². The lowest BCUT2D eigenvalue weighted by atomic mass is 9.72. The summed E-state index contributed by atoms with van der Waals surface area (Å²) in [5, 5.41) is 13.4. The smallest absolute Gasteiger partial charge is 0.276 e. The van der Waals surface area contributed by atoms with Gasteiger partial charge in [-0.3, -0.25) is 14.4 Å². The maximum Gasteiger partial charge on any atom is 0.276 e. The van der Waals surface area contributed by atoms with Crippen LogP contribution >= 0.6 is 0 Å². The first kappa shape index (κ1) is 17.9. The van der Waals surface area contributed by atoms with E-state index in [-0.39, 0.29) is 41.6 Å². The molecule has 4 rings (SSSR count). The second-order valence-electron chi connectivity index (χ2n) is 7.99. The maximum absolute atomic E-state index is 13.0. The highest BCUT2D eigenvalue weighted by Crippen LogP contribution is 2.41. The predicted molar refractivity (Wildman–Crippen MR) is 95.6 cm³/mol. The SMILES string of the molecule is CC(=O)NC[C@H]1[C@H]2C[C@H](CN(C(=O)c3n[nH]nc3C)C2)[C@@H]2CCCC(=O)N21. The van der Waals surface area contributed by atoms with Crippen molar-refractivity contribution in [2.75, 3.05) is 19.6 Å². The molecule has 9 heteroatoms. The van der Waals surface area contributed by atoms with Crippen LogP contribution in [0.15, 0.2) is 0 Å². The van der Waals surface area contributed by atoms with E-state index in [0.29, 0.717) is 37.4 Å². The Morgan fingerprint density at radius 1 is 1.26 bits per heavy atom. The number of aromatic nitrogens is 3. The highest BCUT2D eigenvalue weighted by Gasteiger charge is 2.50. The fraction of sp³-hybridized carbons (Fsp3) is 0.722. The van der Waals surface area contributed by atoms with E-state index in [0.717, 1.165) is 19.3 Å². The second-order valence-corrected chi connectivity index (χ2v) is 7.99. The fourth-order valence-corrected chi connectivity index (χ4v) is 5.09. The number of fused-ring (bicyclic) bond motifs is 4. The molecule has 0 unspecified atom stereocenters. The van der Waals surface area contributed by atoms with Crippen LogP contribution in [0.4, 0.5) is 0 Å². The topological polar surface area (TPSA) is 111 Å². The van der Waals surface area contributed by atoms with Gasteiger partial charge in [0, 0.05) is 39.0 Å². The molecule has 0 radical (unpaired) electrons. The normalized spacial score (nSPS) is 30.1. The number of amides is 3. The van der Waals surface area contributed by atoms with Gasteiger partial charge >= 0.3 is 0 Å². The van der Waals surface area contributed by atoms with Crippen LogP contribution in [-0.4, -0.2) is 74.7 Å². The molecule has 27 heavy (non-hydrogen) atoms. The van der Waals surface area contributed by atoms with E-state index in [1.165, 1.54) is 6.92 Å². The van der Waals surface area contributed by atoms with E-state index >= 15 is 0 Å². The summed E-state index contributed by atoms with van der Waals surface area (Å²) in [4.78, 5) is 41.0. The van der Waals surface area contributed by atoms with Crippen LogP contribution in [0.3, 0.4) is 0 Å². The van der Waals surface area contributed by atoms with Crippen molar-refractivity contribution in [1.29, 1.82) is 0 Å². The molecule has 1 aromatic rings. The van der Waals surface area contributed by atoms with Crippen LogP contribution in [0.5, 0.6) is 0 Å². The summed E-state index contributed by atoms with van der Waals surface area (Å²) in [6, 6.07) is 0.0900. The zero-order valence-corrected chi connectivity index (χ0v) is 15.8. The van der Waals surface area contributed by atoms with Gasteiger partial charge in [0.2, 0.25) is 11.8 Å². The van der Waals surface area contributed by atoms with E-state index in [1.807, 2.05) is 9.80 Å². The van der Waals surface area contributed by atoms with Crippen LogP contribution in [0.25, 0.3) is 0 Å². The minimum absolute atomic E-state index is 0.0584. The van der Waals surface area contributed by atoms with Gasteiger partial charge in [-0.1, -0.05) is 0 Å². The lowest BCUT2D eigenvalue weighted by molar-refractivity contribution is -0.151. The Morgan fingerprint density at radius 2 is 2.04 bits per heavy atom. The van der Waals surface area contributed by atoms with Gasteiger partial charge in [0.15, 0.2) is 5.69 Å². The van der Waals surface area contributed by atoms with Gasteiger partial charge in [0.25, 0.3) is 5.91 Å². The molecule has 3 aliphatic rings. The molecule has 0 aliphatic carbocycles. The molecule has 1 aromatic heterocycles. The number of aromatic amines is 1. The zero-order chi connectivity index (χ0) is 19.1. The molecular weight excluding hydrogens is 348 g/mol. The van der Waals surface area contributed by atoms with Crippen molar-refractivity contribution in [2.24, 2.45) is 11.8 Å². The first-order valence-electron chi connectivity index (χ1n) is 9.68. The minimum Gasteiger partial charge on any atom is -0.354 e. The average molecular weight is 374 g/mol. The van der Waals surface area contributed by atoms with E-state index in [1.54, 1.807) is 6.92 Å². The van der Waals surface area contributed by atoms with Gasteiger partial charge in [-0.05, 0) is 38.0 Å². The molecule has 2 N–H and O–H groups in total. The number of carbonyl (C=O) groups is 3. The summed E-state index contributed by atoms with van der Waals surface area (Å²) in [5.74, 6) is 0.413. The Hall–Kier alpha value is -2.45. The van der Waals surface area contributed by atoms with Crippen molar-refractivity contribution >= 4 is 17.7 Å². The highest BCUT2D eigenvalue weighted by molar-refractivity contribution is 5.93. The Bertz CT molecular complexity index is 762. The molecule has 0 aromatic carbocycles. The number of hydrogen-bond acceptors (Lipinski definition) is 5. The number of H-pyrrole nitrogens is 1. The van der Waals surface area contributed by atoms with Crippen molar-refractivity contribution in [3.63, 3.8) is 0 Å². The van der Waals surface area contributed by atoms with Crippen molar-refractivity contribution in [3.05, 3.63) is 11.4 Å². The lowest BCUT2D eigenvalue weighted by Crippen LogP contribution is -2.67. The molecule has 146 valence electrons. The van der Waals surface area contributed by atoms with Crippen molar-refractivity contribution in [2.45, 2.75) is 51.6 Å². The Morgan fingerprint density at radius 3 is 2.74 bits per heavy atom. The summed E-state index contributed by atoms with van der Waals surface area (Å²) >= 11 is 0. The molecule has 4 atom stereocenters. The third kappa shape index (κ3) is 3.19. The Kier molecular flexibility index (Phi) is 4.61. The average Bonchev–Trinajstić information content (AvgIpc) is 3.07. The molecule has 0 spiro atoms. The molecule has 3 amide bonds. The number of nitrogens with zero attached hydrogens (tertiary/aromatic N) is 4. The highest BCUT2D eigenvalue weighted by atomic mass is 16.2. The van der Waals surface area contributed by atoms with E-state index < -0.39 is 0 Å². The summed E-state index contributed by atoms with van der Waals surface area (Å²) in [7, 11) is 0. The van der Waals surface area contributed by atoms with Gasteiger partial charge < -0.3 is 15.1 Å². The number of carbonyl (C=O) groups excluding carboxylic acids is 3. The largest absolute Gasteiger partial charge is 0.354 e. The summed E-state index contributed by atoms with van der Waals surface area (Å²) in [5.41, 5.74) is 0.963. The summed E-state index contributed by atoms with van der Waals surface area (Å²) in [6.07, 6.45) is 3.42. The summed E-state index contributed by atoms with van der Waals surface area (Å²) in [6.45, 7) is 4.92. The van der Waals surface area contributed by atoms with Crippen LogP contribution < -0.4 is 5.32 Å². The van der Waals surface area contributed by atoms with Gasteiger partial charge in [-0.15, -0.1) is 0 Å². The second kappa shape index (κ2) is 6.94. The standard InChI is InChI=1S/C18H26N6O3/c1-10-17(21-22-20-10)18(27)23-8-12-6-13(9-23)15(7-19-11(2)25)24-14(12)4-3-5-16(24)26/h12-15H,3-9H2,1-2H3,(H,19,25)(H,20,21,22)/t12-,13+,14+,15+/m1/s1. The molecule has 3 saturated heterocycles. The monoisotopic (exact) mass is 374 g/mol. The first-order valence-corrected chi connectivity index (χ1v) is 9.68. The minimum atomic E-state index is -0.107. The van der Waals surface area contributed by atoms with Gasteiger partial charge in [0.1, 0.15) is 0 Å². The number of likely N-dealkylation sites (tertiary alicyclic amines) is 1. The number of nitrogens with one attached hydrogen (secondary N) is 2. The number of aryl methyl sites for hydroxylation is 1. The fourth-order valence-electron chi connectivity index (χ4n) is 5.09. The quantitative estimate of drug-likeness (QED) is 0.779. The van der Waals surface area contributed by atoms with Crippen molar-refractivity contribution in [1.82, 2.24) is 30.5 Å². The van der Waals surface area contributed by atoms with E-state index in [9.17, 15) is 14.4 Å². The Balaban J connectivity index is 1.59. The molecule has 3 fully saturated rings. The maximum atomic E-state index is 13.0. The van der Waals surface area contributed by atoms with Crippen LogP contribution in [0.1, 0.15) is 48.8 Å².